The fourth-order valence-corrected chi connectivity index (χ4v) is 3.72. The number of aromatic nitrogens is 4. The summed E-state index contributed by atoms with van der Waals surface area (Å²) in [5, 5.41) is 13.5. The SMILES string of the molecule is CCCCc1nc(C(=O)Cc2ccccc2)nn1Cc1ccc(-c2ncccc2OC(=O)O)cc1. The van der Waals surface area contributed by atoms with Crippen molar-refractivity contribution in [1.82, 2.24) is 19.7 Å². The second-order valence-corrected chi connectivity index (χ2v) is 8.11. The summed E-state index contributed by atoms with van der Waals surface area (Å²) in [5.74, 6) is 1.09. The zero-order valence-electron chi connectivity index (χ0n) is 19.4. The average Bonchev–Trinajstić information content (AvgIpc) is 3.26. The van der Waals surface area contributed by atoms with E-state index in [2.05, 4.69) is 22.0 Å². The van der Waals surface area contributed by atoms with E-state index in [9.17, 15) is 9.59 Å². The Morgan fingerprint density at radius 3 is 2.46 bits per heavy atom. The molecule has 2 aromatic carbocycles. The lowest BCUT2D eigenvalue weighted by atomic mass is 10.1. The fourth-order valence-electron chi connectivity index (χ4n) is 3.72. The predicted octanol–water partition coefficient (Wildman–Crippen LogP) is 5.21. The molecule has 178 valence electrons. The molecule has 0 aliphatic rings. The van der Waals surface area contributed by atoms with Crippen LogP contribution in [-0.4, -0.2) is 36.8 Å². The van der Waals surface area contributed by atoms with E-state index in [-0.39, 0.29) is 23.8 Å². The number of hydrogen-bond donors (Lipinski definition) is 1. The maximum atomic E-state index is 12.8. The summed E-state index contributed by atoms with van der Waals surface area (Å²) in [4.78, 5) is 32.6. The molecule has 1 N–H and O–H groups in total. The minimum Gasteiger partial charge on any atom is -0.449 e. The molecule has 0 saturated heterocycles. The first kappa shape index (κ1) is 23.8. The van der Waals surface area contributed by atoms with Crippen LogP contribution in [0.3, 0.4) is 0 Å². The van der Waals surface area contributed by atoms with E-state index in [1.54, 1.807) is 23.0 Å². The minimum absolute atomic E-state index is 0.107. The molecule has 0 unspecified atom stereocenters. The number of benzene rings is 2. The lowest BCUT2D eigenvalue weighted by molar-refractivity contribution is 0.0982. The quantitative estimate of drug-likeness (QED) is 0.250. The molecular formula is C27H26N4O4. The van der Waals surface area contributed by atoms with Gasteiger partial charge in [0.1, 0.15) is 11.5 Å². The summed E-state index contributed by atoms with van der Waals surface area (Å²) in [7, 11) is 0. The van der Waals surface area contributed by atoms with Crippen molar-refractivity contribution in [2.45, 2.75) is 39.2 Å². The van der Waals surface area contributed by atoms with E-state index in [1.165, 1.54) is 0 Å². The summed E-state index contributed by atoms with van der Waals surface area (Å²) in [6.45, 7) is 2.58. The number of Topliss-reactive ketones (excluding diaryl/α,β-unsaturated/α-hetero) is 1. The van der Waals surface area contributed by atoms with Gasteiger partial charge >= 0.3 is 6.16 Å². The van der Waals surface area contributed by atoms with Crippen LogP contribution in [0.4, 0.5) is 4.79 Å². The minimum atomic E-state index is -1.39. The third-order valence-electron chi connectivity index (χ3n) is 5.49. The van der Waals surface area contributed by atoms with E-state index in [1.807, 2.05) is 54.6 Å². The summed E-state index contributed by atoms with van der Waals surface area (Å²) >= 11 is 0. The van der Waals surface area contributed by atoms with Crippen LogP contribution < -0.4 is 4.74 Å². The van der Waals surface area contributed by atoms with Crippen LogP contribution in [0.5, 0.6) is 5.75 Å². The van der Waals surface area contributed by atoms with Gasteiger partial charge in [-0.2, -0.15) is 0 Å². The van der Waals surface area contributed by atoms with Crippen LogP contribution in [0.2, 0.25) is 0 Å². The number of carboxylic acid groups (broad SMARTS) is 1. The second-order valence-electron chi connectivity index (χ2n) is 8.11. The van der Waals surface area contributed by atoms with Crippen molar-refractivity contribution >= 4 is 11.9 Å². The molecule has 2 aromatic heterocycles. The van der Waals surface area contributed by atoms with Crippen LogP contribution in [0.25, 0.3) is 11.3 Å². The molecule has 8 heteroatoms. The molecule has 0 aliphatic heterocycles. The first-order valence-corrected chi connectivity index (χ1v) is 11.5. The standard InChI is InChI=1S/C27H26N4O4/c1-2-3-11-24-29-26(22(32)17-19-8-5-4-6-9-19)30-31(24)18-20-12-14-21(15-13-20)25-23(35-27(33)34)10-7-16-28-25/h4-10,12-16H,2-3,11,17-18H2,1H3,(H,33,34). The Hall–Kier alpha value is -4.33. The second kappa shape index (κ2) is 11.2. The number of nitrogens with zero attached hydrogens (tertiary/aromatic N) is 4. The van der Waals surface area contributed by atoms with Gasteiger partial charge in [0.15, 0.2) is 5.75 Å². The number of rotatable bonds is 10. The van der Waals surface area contributed by atoms with Crippen LogP contribution in [-0.2, 0) is 19.4 Å². The van der Waals surface area contributed by atoms with E-state index < -0.39 is 6.16 Å². The largest absolute Gasteiger partial charge is 0.511 e. The maximum absolute atomic E-state index is 12.8. The third-order valence-corrected chi connectivity index (χ3v) is 5.49. The third kappa shape index (κ3) is 6.17. The molecule has 0 spiro atoms. The van der Waals surface area contributed by atoms with Crippen molar-refractivity contribution < 1.29 is 19.4 Å². The zero-order chi connectivity index (χ0) is 24.6. The van der Waals surface area contributed by atoms with Gasteiger partial charge in [-0.1, -0.05) is 67.9 Å². The lowest BCUT2D eigenvalue weighted by Gasteiger charge is -2.09. The van der Waals surface area contributed by atoms with Gasteiger partial charge in [0.05, 0.1) is 6.54 Å². The van der Waals surface area contributed by atoms with E-state index >= 15 is 0 Å². The van der Waals surface area contributed by atoms with Crippen LogP contribution in [0, 0.1) is 0 Å². The normalized spacial score (nSPS) is 10.8. The monoisotopic (exact) mass is 470 g/mol. The Bertz CT molecular complexity index is 1300. The summed E-state index contributed by atoms with van der Waals surface area (Å²) in [6.07, 6.45) is 3.16. The predicted molar refractivity (Wildman–Crippen MR) is 131 cm³/mol. The number of hydrogen-bond acceptors (Lipinski definition) is 6. The number of pyridine rings is 1. The molecule has 0 fully saturated rings. The van der Waals surface area contributed by atoms with Crippen molar-refractivity contribution in [2.24, 2.45) is 0 Å². The Kier molecular flexibility index (Phi) is 7.62. The van der Waals surface area contributed by atoms with Gasteiger partial charge in [-0.25, -0.2) is 14.5 Å². The van der Waals surface area contributed by atoms with E-state index in [4.69, 9.17) is 9.84 Å². The van der Waals surface area contributed by atoms with Gasteiger partial charge in [0.25, 0.3) is 0 Å². The molecule has 0 amide bonds. The van der Waals surface area contributed by atoms with Gasteiger partial charge in [-0.3, -0.25) is 9.78 Å². The molecule has 35 heavy (non-hydrogen) atoms. The highest BCUT2D eigenvalue weighted by atomic mass is 16.7. The van der Waals surface area contributed by atoms with Gasteiger partial charge < -0.3 is 9.84 Å². The summed E-state index contributed by atoms with van der Waals surface area (Å²) < 4.78 is 6.64. The fraction of sp³-hybridized carbons (Fsp3) is 0.222. The zero-order valence-corrected chi connectivity index (χ0v) is 19.4. The highest BCUT2D eigenvalue weighted by Crippen LogP contribution is 2.28. The first-order chi connectivity index (χ1) is 17.0. The van der Waals surface area contributed by atoms with E-state index in [0.717, 1.165) is 41.8 Å². The molecule has 8 nitrogen and oxygen atoms in total. The first-order valence-electron chi connectivity index (χ1n) is 11.5. The Morgan fingerprint density at radius 1 is 0.971 bits per heavy atom. The molecule has 4 rings (SSSR count). The number of carbonyl (C=O) groups is 2. The van der Waals surface area contributed by atoms with Crippen molar-refractivity contribution in [2.75, 3.05) is 0 Å². The van der Waals surface area contributed by atoms with Crippen molar-refractivity contribution in [3.63, 3.8) is 0 Å². The van der Waals surface area contributed by atoms with E-state index in [0.29, 0.717) is 12.2 Å². The highest BCUT2D eigenvalue weighted by Gasteiger charge is 2.17. The van der Waals surface area contributed by atoms with Gasteiger partial charge in [-0.15, -0.1) is 5.10 Å². The molecule has 0 aliphatic carbocycles. The van der Waals surface area contributed by atoms with Gasteiger partial charge in [0.2, 0.25) is 11.6 Å². The number of carbonyl (C=O) groups excluding carboxylic acids is 1. The molecule has 0 saturated carbocycles. The topological polar surface area (TPSA) is 107 Å². The average molecular weight is 471 g/mol. The number of ether oxygens (including phenoxy) is 1. The Labute approximate surface area is 203 Å². The van der Waals surface area contributed by atoms with Crippen LogP contribution in [0.15, 0.2) is 72.9 Å². The maximum Gasteiger partial charge on any atom is 0.511 e. The van der Waals surface area contributed by atoms with Gasteiger partial charge in [0, 0.05) is 24.6 Å². The van der Waals surface area contributed by atoms with Crippen molar-refractivity contribution in [3.05, 3.63) is 95.7 Å². The van der Waals surface area contributed by atoms with Crippen molar-refractivity contribution in [1.29, 1.82) is 0 Å². The molecule has 0 bridgehead atoms. The molecule has 0 radical (unpaired) electrons. The number of aryl methyl sites for hydroxylation is 1. The molecule has 4 aromatic rings. The summed E-state index contributed by atoms with van der Waals surface area (Å²) in [5.41, 5.74) is 3.07. The van der Waals surface area contributed by atoms with Gasteiger partial charge in [-0.05, 0) is 29.7 Å². The van der Waals surface area contributed by atoms with Crippen LogP contribution in [0.1, 0.15) is 47.3 Å². The lowest BCUT2D eigenvalue weighted by Crippen LogP contribution is -2.09. The highest BCUT2D eigenvalue weighted by molar-refractivity contribution is 5.94. The summed E-state index contributed by atoms with van der Waals surface area (Å²) in [6, 6.07) is 20.3. The molecular weight excluding hydrogens is 444 g/mol. The Balaban J connectivity index is 1.54. The van der Waals surface area contributed by atoms with Crippen molar-refractivity contribution in [3.8, 4) is 17.0 Å². The molecule has 2 heterocycles. The van der Waals surface area contributed by atoms with Crippen LogP contribution >= 0.6 is 0 Å². The number of ketones is 1. The Morgan fingerprint density at radius 2 is 1.74 bits per heavy atom. The number of unbranched alkanes of at least 4 members (excludes halogenated alkanes) is 1. The smallest absolute Gasteiger partial charge is 0.449 e. The molecule has 0 atom stereocenters.